The second-order valence-electron chi connectivity index (χ2n) is 5.00. The number of nitro benzene ring substituents is 1. The first kappa shape index (κ1) is 17.6. The van der Waals surface area contributed by atoms with Crippen LogP contribution in [0, 0.1) is 10.1 Å². The van der Waals surface area contributed by atoms with Gasteiger partial charge in [0.25, 0.3) is 5.91 Å². The lowest BCUT2D eigenvalue weighted by atomic mass is 10.1. The van der Waals surface area contributed by atoms with Crippen LogP contribution in [0.2, 0.25) is 0 Å². The van der Waals surface area contributed by atoms with Crippen molar-refractivity contribution >= 4 is 67.6 Å². The van der Waals surface area contributed by atoms with E-state index in [1.165, 1.54) is 29.2 Å². The normalized spacial score (nSPS) is 15.9. The molecule has 1 N–H and O–H groups in total. The maximum atomic E-state index is 12.6. The van der Waals surface area contributed by atoms with E-state index in [0.717, 1.165) is 16.2 Å². The van der Waals surface area contributed by atoms with Crippen LogP contribution in [0.15, 0.2) is 51.8 Å². The molecule has 1 amide bonds. The zero-order valence-electron chi connectivity index (χ0n) is 12.4. The van der Waals surface area contributed by atoms with Crippen LogP contribution in [0.25, 0.3) is 6.08 Å². The summed E-state index contributed by atoms with van der Waals surface area (Å²) < 4.78 is 1.26. The second kappa shape index (κ2) is 6.95. The highest BCUT2D eigenvalue weighted by molar-refractivity contribution is 9.10. The number of rotatable bonds is 3. The van der Waals surface area contributed by atoms with E-state index in [1.54, 1.807) is 24.3 Å². The molecule has 0 bridgehead atoms. The van der Waals surface area contributed by atoms with Gasteiger partial charge in [-0.1, -0.05) is 46.0 Å². The van der Waals surface area contributed by atoms with Crippen molar-refractivity contribution in [3.05, 3.63) is 67.5 Å². The Morgan fingerprint density at radius 2 is 1.92 bits per heavy atom. The van der Waals surface area contributed by atoms with Crippen LogP contribution in [0.4, 0.5) is 11.4 Å². The molecule has 25 heavy (non-hydrogen) atoms. The quantitative estimate of drug-likeness (QED) is 0.330. The number of carbonyl (C=O) groups excluding carboxylic acids is 1. The first-order valence-electron chi connectivity index (χ1n) is 6.88. The predicted octanol–water partition coefficient (Wildman–Crippen LogP) is 4.47. The molecule has 126 valence electrons. The van der Waals surface area contributed by atoms with Crippen LogP contribution in [0.5, 0.6) is 5.75 Å². The first-order chi connectivity index (χ1) is 11.9. The van der Waals surface area contributed by atoms with Crippen molar-refractivity contribution in [2.24, 2.45) is 0 Å². The van der Waals surface area contributed by atoms with E-state index in [2.05, 4.69) is 15.9 Å². The molecule has 0 saturated carbocycles. The molecule has 1 aliphatic heterocycles. The summed E-state index contributed by atoms with van der Waals surface area (Å²) in [6.07, 6.45) is 1.52. The highest BCUT2D eigenvalue weighted by Gasteiger charge is 2.33. The third-order valence-electron chi connectivity index (χ3n) is 3.37. The monoisotopic (exact) mass is 436 g/mol. The fraction of sp³-hybridized carbons (Fsp3) is 0. The van der Waals surface area contributed by atoms with Crippen molar-refractivity contribution in [3.63, 3.8) is 0 Å². The summed E-state index contributed by atoms with van der Waals surface area (Å²) in [5, 5.41) is 20.4. The minimum atomic E-state index is -0.681. The number of phenols is 1. The van der Waals surface area contributed by atoms with Crippen LogP contribution < -0.4 is 4.90 Å². The van der Waals surface area contributed by atoms with Crippen LogP contribution in [-0.4, -0.2) is 20.3 Å². The number of nitrogens with zero attached hydrogens (tertiary/aromatic N) is 2. The molecule has 1 saturated heterocycles. The molecule has 0 aliphatic carbocycles. The number of carbonyl (C=O) groups is 1. The van der Waals surface area contributed by atoms with Gasteiger partial charge in [0.2, 0.25) is 0 Å². The average Bonchev–Trinajstić information content (AvgIpc) is 2.84. The minimum Gasteiger partial charge on any atom is -0.502 e. The molecule has 9 heteroatoms. The number of nitro groups is 1. The Morgan fingerprint density at radius 3 is 2.56 bits per heavy atom. The molecule has 2 aromatic carbocycles. The van der Waals surface area contributed by atoms with Gasteiger partial charge in [0.05, 0.1) is 15.5 Å². The van der Waals surface area contributed by atoms with Gasteiger partial charge in [-0.3, -0.25) is 19.8 Å². The number of hydrogen-bond acceptors (Lipinski definition) is 6. The summed E-state index contributed by atoms with van der Waals surface area (Å²) >= 11 is 9.74. The molecule has 1 fully saturated rings. The fourth-order valence-electron chi connectivity index (χ4n) is 2.21. The third kappa shape index (κ3) is 3.58. The number of thioether (sulfide) groups is 1. The van der Waals surface area contributed by atoms with E-state index < -0.39 is 16.4 Å². The van der Waals surface area contributed by atoms with Crippen LogP contribution in [0.1, 0.15) is 5.56 Å². The number of thiocarbonyl (C=S) groups is 1. The number of benzene rings is 2. The summed E-state index contributed by atoms with van der Waals surface area (Å²) in [5.74, 6) is -0.724. The summed E-state index contributed by atoms with van der Waals surface area (Å²) in [6.45, 7) is 0. The zero-order valence-corrected chi connectivity index (χ0v) is 15.6. The van der Waals surface area contributed by atoms with E-state index in [-0.39, 0.29) is 5.91 Å². The maximum Gasteiger partial charge on any atom is 0.311 e. The lowest BCUT2D eigenvalue weighted by molar-refractivity contribution is -0.385. The number of phenolic OH excluding ortho intramolecular Hbond substituents is 1. The van der Waals surface area contributed by atoms with E-state index >= 15 is 0 Å². The molecular formula is C16H9BrN2O4S2. The van der Waals surface area contributed by atoms with E-state index in [0.29, 0.717) is 20.5 Å². The molecule has 0 radical (unpaired) electrons. The minimum absolute atomic E-state index is 0.298. The predicted molar refractivity (Wildman–Crippen MR) is 105 cm³/mol. The third-order valence-corrected chi connectivity index (χ3v) is 5.20. The van der Waals surface area contributed by atoms with Crippen LogP contribution in [-0.2, 0) is 4.79 Å². The van der Waals surface area contributed by atoms with Gasteiger partial charge in [0.1, 0.15) is 0 Å². The second-order valence-corrected chi connectivity index (χ2v) is 7.59. The molecule has 0 aromatic heterocycles. The topological polar surface area (TPSA) is 83.7 Å². The molecule has 1 aliphatic rings. The molecule has 6 nitrogen and oxygen atoms in total. The number of halogens is 1. The smallest absolute Gasteiger partial charge is 0.311 e. The van der Waals surface area contributed by atoms with Gasteiger partial charge in [-0.2, -0.15) is 0 Å². The Bertz CT molecular complexity index is 928. The highest BCUT2D eigenvalue weighted by Crippen LogP contribution is 2.37. The van der Waals surface area contributed by atoms with Crippen molar-refractivity contribution < 1.29 is 14.8 Å². The van der Waals surface area contributed by atoms with E-state index in [9.17, 15) is 20.0 Å². The van der Waals surface area contributed by atoms with Crippen LogP contribution in [0.3, 0.4) is 0 Å². The maximum absolute atomic E-state index is 12.6. The fourth-order valence-corrected chi connectivity index (χ4v) is 3.77. The van der Waals surface area contributed by atoms with Gasteiger partial charge in [0, 0.05) is 10.5 Å². The van der Waals surface area contributed by atoms with Crippen molar-refractivity contribution in [1.29, 1.82) is 0 Å². The molecule has 3 rings (SSSR count). The molecule has 0 unspecified atom stereocenters. The summed E-state index contributed by atoms with van der Waals surface area (Å²) in [5.41, 5.74) is 0.656. The molecule has 2 aromatic rings. The van der Waals surface area contributed by atoms with Crippen molar-refractivity contribution in [1.82, 2.24) is 0 Å². The number of amides is 1. The lowest BCUT2D eigenvalue weighted by Gasteiger charge is -2.14. The Hall–Kier alpha value is -2.23. The Balaban J connectivity index is 1.94. The van der Waals surface area contributed by atoms with Crippen molar-refractivity contribution in [2.75, 3.05) is 4.90 Å². The Morgan fingerprint density at radius 1 is 1.24 bits per heavy atom. The average molecular weight is 437 g/mol. The van der Waals surface area contributed by atoms with Gasteiger partial charge in [-0.25, -0.2) is 0 Å². The standard InChI is InChI=1S/C16H9BrN2O4S2/c17-10-2-4-11(5-3-10)18-15(21)14(25-16(18)24)8-9-1-6-13(20)12(7-9)19(22)23/h1-8,20H/b14-8+. The largest absolute Gasteiger partial charge is 0.502 e. The van der Waals surface area contributed by atoms with Gasteiger partial charge >= 0.3 is 5.69 Å². The molecule has 0 atom stereocenters. The van der Waals surface area contributed by atoms with Gasteiger partial charge in [0.15, 0.2) is 10.1 Å². The van der Waals surface area contributed by atoms with Crippen LogP contribution >= 0.6 is 39.9 Å². The Labute approximate surface area is 160 Å². The highest BCUT2D eigenvalue weighted by atomic mass is 79.9. The summed E-state index contributed by atoms with van der Waals surface area (Å²) in [6, 6.07) is 11.1. The van der Waals surface area contributed by atoms with Gasteiger partial charge in [-0.15, -0.1) is 0 Å². The lowest BCUT2D eigenvalue weighted by Crippen LogP contribution is -2.27. The Kier molecular flexibility index (Phi) is 4.89. The number of hydrogen-bond donors (Lipinski definition) is 1. The SMILES string of the molecule is O=C1/C(=C\c2ccc(O)c([N+](=O)[O-])c2)SC(=S)N1c1ccc(Br)cc1. The molecule has 1 heterocycles. The number of aromatic hydroxyl groups is 1. The summed E-state index contributed by atoms with van der Waals surface area (Å²) in [7, 11) is 0. The zero-order chi connectivity index (χ0) is 18.1. The van der Waals surface area contributed by atoms with E-state index in [1.807, 2.05) is 0 Å². The molecule has 0 spiro atoms. The van der Waals surface area contributed by atoms with Gasteiger partial charge in [-0.05, 0) is 42.0 Å². The number of anilines is 1. The summed E-state index contributed by atoms with van der Waals surface area (Å²) in [4.78, 5) is 24.6. The van der Waals surface area contributed by atoms with E-state index in [4.69, 9.17) is 12.2 Å². The van der Waals surface area contributed by atoms with Crippen molar-refractivity contribution in [3.8, 4) is 5.75 Å². The molecular weight excluding hydrogens is 428 g/mol. The first-order valence-corrected chi connectivity index (χ1v) is 8.89. The van der Waals surface area contributed by atoms with Crippen molar-refractivity contribution in [2.45, 2.75) is 0 Å². The van der Waals surface area contributed by atoms with Gasteiger partial charge < -0.3 is 5.11 Å².